The van der Waals surface area contributed by atoms with Crippen molar-refractivity contribution < 1.29 is 19.1 Å². The molecule has 160 valence electrons. The minimum atomic E-state index is -0.906. The second-order valence-electron chi connectivity index (χ2n) is 7.61. The van der Waals surface area contributed by atoms with E-state index in [1.165, 1.54) is 0 Å². The van der Waals surface area contributed by atoms with Crippen LogP contribution in [0.2, 0.25) is 0 Å². The molecule has 0 aromatic heterocycles. The average Bonchev–Trinajstić information content (AvgIpc) is 2.76. The highest BCUT2D eigenvalue weighted by Crippen LogP contribution is 2.21. The molecule has 2 aromatic carbocycles. The molecule has 1 heterocycles. The monoisotopic (exact) mass is 410 g/mol. The molecule has 0 bridgehead atoms. The van der Waals surface area contributed by atoms with Crippen LogP contribution in [0.3, 0.4) is 0 Å². The lowest BCUT2D eigenvalue weighted by Gasteiger charge is -2.28. The summed E-state index contributed by atoms with van der Waals surface area (Å²) in [7, 11) is 1.61. The standard InChI is InChI=1S/C24H30N2O4/c1-4-30-24(2,23(28)25-3)17-18-9-11-20(12-10-18)29-16-15-26-14-13-19-7-5-6-8-21(19)22(26)27/h5-12H,4,13-17H2,1-3H3,(H,25,28). The molecule has 1 aliphatic rings. The number of ether oxygens (including phenoxy) is 2. The van der Waals surface area contributed by atoms with E-state index in [2.05, 4.69) is 5.32 Å². The van der Waals surface area contributed by atoms with Gasteiger partial charge in [-0.15, -0.1) is 0 Å². The first kappa shape index (κ1) is 21.8. The highest BCUT2D eigenvalue weighted by Gasteiger charge is 2.33. The van der Waals surface area contributed by atoms with Gasteiger partial charge in [-0.05, 0) is 49.6 Å². The number of benzene rings is 2. The summed E-state index contributed by atoms with van der Waals surface area (Å²) in [6, 6.07) is 15.4. The van der Waals surface area contributed by atoms with E-state index in [-0.39, 0.29) is 11.8 Å². The lowest BCUT2D eigenvalue weighted by Crippen LogP contribution is -2.47. The second-order valence-corrected chi connectivity index (χ2v) is 7.61. The van der Waals surface area contributed by atoms with Gasteiger partial charge in [0, 0.05) is 32.2 Å². The molecule has 2 aromatic rings. The molecule has 6 nitrogen and oxygen atoms in total. The zero-order valence-electron chi connectivity index (χ0n) is 17.9. The topological polar surface area (TPSA) is 67.9 Å². The molecule has 3 rings (SSSR count). The van der Waals surface area contributed by atoms with Crippen LogP contribution >= 0.6 is 0 Å². The fourth-order valence-corrected chi connectivity index (χ4v) is 3.83. The summed E-state index contributed by atoms with van der Waals surface area (Å²) in [4.78, 5) is 26.6. The number of nitrogens with one attached hydrogen (secondary N) is 1. The van der Waals surface area contributed by atoms with Crippen molar-refractivity contribution in [3.8, 4) is 5.75 Å². The zero-order valence-corrected chi connectivity index (χ0v) is 17.9. The van der Waals surface area contributed by atoms with Crippen LogP contribution < -0.4 is 10.1 Å². The largest absolute Gasteiger partial charge is 0.492 e. The molecule has 0 aliphatic carbocycles. The summed E-state index contributed by atoms with van der Waals surface area (Å²) >= 11 is 0. The van der Waals surface area contributed by atoms with E-state index in [0.29, 0.717) is 32.7 Å². The summed E-state index contributed by atoms with van der Waals surface area (Å²) in [6.45, 7) is 5.84. The van der Waals surface area contributed by atoms with Gasteiger partial charge < -0.3 is 19.7 Å². The molecule has 0 saturated heterocycles. The summed E-state index contributed by atoms with van der Waals surface area (Å²) in [6.07, 6.45) is 1.35. The molecule has 2 amide bonds. The fourth-order valence-electron chi connectivity index (χ4n) is 3.83. The number of rotatable bonds is 9. The Morgan fingerprint density at radius 1 is 1.17 bits per heavy atom. The Balaban J connectivity index is 1.53. The third-order valence-electron chi connectivity index (χ3n) is 5.45. The van der Waals surface area contributed by atoms with Crippen LogP contribution in [0.1, 0.15) is 35.3 Å². The smallest absolute Gasteiger partial charge is 0.254 e. The molecule has 30 heavy (non-hydrogen) atoms. The highest BCUT2D eigenvalue weighted by atomic mass is 16.5. The van der Waals surface area contributed by atoms with Crippen LogP contribution in [0.5, 0.6) is 5.75 Å². The Bertz CT molecular complexity index is 881. The van der Waals surface area contributed by atoms with E-state index in [4.69, 9.17) is 9.47 Å². The maximum atomic E-state index is 12.6. The van der Waals surface area contributed by atoms with E-state index in [9.17, 15) is 9.59 Å². The van der Waals surface area contributed by atoms with E-state index < -0.39 is 5.60 Å². The molecule has 0 spiro atoms. The number of nitrogens with zero attached hydrogens (tertiary/aromatic N) is 1. The van der Waals surface area contributed by atoms with E-state index in [1.54, 1.807) is 14.0 Å². The summed E-state index contributed by atoms with van der Waals surface area (Å²) in [5.41, 5.74) is 1.99. The van der Waals surface area contributed by atoms with Gasteiger partial charge in [0.25, 0.3) is 11.8 Å². The Kier molecular flexibility index (Phi) is 7.11. The molecular weight excluding hydrogens is 380 g/mol. The van der Waals surface area contributed by atoms with Gasteiger partial charge in [0.1, 0.15) is 18.0 Å². The van der Waals surface area contributed by atoms with Gasteiger partial charge in [0.15, 0.2) is 0 Å². The van der Waals surface area contributed by atoms with Gasteiger partial charge in [-0.1, -0.05) is 30.3 Å². The third-order valence-corrected chi connectivity index (χ3v) is 5.45. The second kappa shape index (κ2) is 9.76. The highest BCUT2D eigenvalue weighted by molar-refractivity contribution is 5.96. The average molecular weight is 411 g/mol. The first-order valence-electron chi connectivity index (χ1n) is 10.4. The first-order chi connectivity index (χ1) is 14.5. The van der Waals surface area contributed by atoms with Crippen molar-refractivity contribution in [2.45, 2.75) is 32.3 Å². The maximum absolute atomic E-state index is 12.6. The molecule has 0 radical (unpaired) electrons. The quantitative estimate of drug-likeness (QED) is 0.690. The Morgan fingerprint density at radius 2 is 1.90 bits per heavy atom. The molecular formula is C24H30N2O4. The maximum Gasteiger partial charge on any atom is 0.254 e. The van der Waals surface area contributed by atoms with Crippen molar-refractivity contribution in [3.05, 3.63) is 65.2 Å². The predicted octanol–water partition coefficient (Wildman–Crippen LogP) is 2.85. The van der Waals surface area contributed by atoms with Crippen LogP contribution in [-0.2, 0) is 22.4 Å². The van der Waals surface area contributed by atoms with Crippen molar-refractivity contribution in [3.63, 3.8) is 0 Å². The van der Waals surface area contributed by atoms with E-state index in [1.807, 2.05) is 60.4 Å². The predicted molar refractivity (Wildman–Crippen MR) is 116 cm³/mol. The molecule has 6 heteroatoms. The minimum Gasteiger partial charge on any atom is -0.492 e. The van der Waals surface area contributed by atoms with Gasteiger partial charge >= 0.3 is 0 Å². The van der Waals surface area contributed by atoms with Crippen LogP contribution in [0.4, 0.5) is 0 Å². The molecule has 1 unspecified atom stereocenters. The first-order valence-corrected chi connectivity index (χ1v) is 10.4. The number of fused-ring (bicyclic) bond motifs is 1. The van der Waals surface area contributed by atoms with E-state index >= 15 is 0 Å². The van der Waals surface area contributed by atoms with Crippen LogP contribution in [-0.4, -0.2) is 55.7 Å². The summed E-state index contributed by atoms with van der Waals surface area (Å²) in [5.74, 6) is 0.666. The number of hydrogen-bond donors (Lipinski definition) is 1. The molecule has 0 fully saturated rings. The Morgan fingerprint density at radius 3 is 2.60 bits per heavy atom. The molecule has 1 aliphatic heterocycles. The summed E-state index contributed by atoms with van der Waals surface area (Å²) < 4.78 is 11.5. The van der Waals surface area contributed by atoms with Gasteiger partial charge in [0.05, 0.1) is 6.54 Å². The number of carbonyl (C=O) groups is 2. The van der Waals surface area contributed by atoms with Crippen LogP contribution in [0.15, 0.2) is 48.5 Å². The van der Waals surface area contributed by atoms with Crippen LogP contribution in [0.25, 0.3) is 0 Å². The van der Waals surface area contributed by atoms with Gasteiger partial charge in [-0.3, -0.25) is 9.59 Å². The van der Waals surface area contributed by atoms with Crippen molar-refractivity contribution >= 4 is 11.8 Å². The van der Waals surface area contributed by atoms with Gasteiger partial charge in [0.2, 0.25) is 0 Å². The Labute approximate surface area is 178 Å². The molecule has 0 saturated carbocycles. The van der Waals surface area contributed by atoms with Crippen molar-refractivity contribution in [1.82, 2.24) is 10.2 Å². The van der Waals surface area contributed by atoms with Crippen molar-refractivity contribution in [2.24, 2.45) is 0 Å². The number of hydrogen-bond acceptors (Lipinski definition) is 4. The normalized spacial score (nSPS) is 15.3. The lowest BCUT2D eigenvalue weighted by atomic mass is 9.95. The van der Waals surface area contributed by atoms with Crippen molar-refractivity contribution in [1.29, 1.82) is 0 Å². The van der Waals surface area contributed by atoms with E-state index in [0.717, 1.165) is 28.9 Å². The van der Waals surface area contributed by atoms with Gasteiger partial charge in [-0.2, -0.15) is 0 Å². The van der Waals surface area contributed by atoms with Crippen LogP contribution in [0, 0.1) is 0 Å². The zero-order chi connectivity index (χ0) is 21.6. The van der Waals surface area contributed by atoms with Crippen molar-refractivity contribution in [2.75, 3.05) is 33.4 Å². The number of amides is 2. The van der Waals surface area contributed by atoms with Gasteiger partial charge in [-0.25, -0.2) is 0 Å². The Hall–Kier alpha value is -2.86. The number of carbonyl (C=O) groups excluding carboxylic acids is 2. The minimum absolute atomic E-state index is 0.0696. The third kappa shape index (κ3) is 5.00. The molecule has 1 atom stereocenters. The number of likely N-dealkylation sites (N-methyl/N-ethyl adjacent to an activating group) is 1. The lowest BCUT2D eigenvalue weighted by molar-refractivity contribution is -0.143. The fraction of sp³-hybridized carbons (Fsp3) is 0.417. The SMILES string of the molecule is CCOC(C)(Cc1ccc(OCCN2CCc3ccccc3C2=O)cc1)C(=O)NC. The summed E-state index contributed by atoms with van der Waals surface area (Å²) in [5, 5.41) is 2.67. The molecule has 1 N–H and O–H groups in total.